The lowest BCUT2D eigenvalue weighted by atomic mass is 9.93. The van der Waals surface area contributed by atoms with Gasteiger partial charge in [-0.05, 0) is 66.6 Å². The van der Waals surface area contributed by atoms with E-state index in [4.69, 9.17) is 0 Å². The molecule has 3 aromatic carbocycles. The second kappa shape index (κ2) is 10.6. The zero-order valence-corrected chi connectivity index (χ0v) is 19.3. The summed E-state index contributed by atoms with van der Waals surface area (Å²) in [4.78, 5) is 24.6. The number of carboxylic acids is 1. The summed E-state index contributed by atoms with van der Waals surface area (Å²) in [7, 11) is 0. The number of hydrogen-bond donors (Lipinski definition) is 2. The van der Waals surface area contributed by atoms with Gasteiger partial charge in [-0.2, -0.15) is 0 Å². The average molecular weight is 476 g/mol. The van der Waals surface area contributed by atoms with Crippen molar-refractivity contribution < 1.29 is 19.4 Å². The van der Waals surface area contributed by atoms with E-state index in [2.05, 4.69) is 10.3 Å². The maximum Gasteiger partial charge on any atom is 0.309 e. The first kappa shape index (κ1) is 24.2. The summed E-state index contributed by atoms with van der Waals surface area (Å²) in [6.45, 7) is 1.85. The molecule has 0 saturated heterocycles. The molecule has 0 amide bonds. The molecule has 0 spiro atoms. The number of aliphatic carboxylic acids is 1. The number of aryl methyl sites for hydroxylation is 3. The van der Waals surface area contributed by atoms with Gasteiger partial charge in [0.1, 0.15) is 11.3 Å². The first-order valence-electron chi connectivity index (χ1n) is 11.4. The summed E-state index contributed by atoms with van der Waals surface area (Å²) in [5, 5.41) is 28.7. The van der Waals surface area contributed by atoms with Crippen molar-refractivity contribution >= 4 is 16.9 Å². The Hall–Kier alpha value is -3.91. The fraction of sp³-hybridized carbons (Fsp3) is 0.259. The SMILES string of the molecule is Cc1cccc2nnn(CC[C@H](C(=O)O)[C@H](O)CCc3ccc(-c4ccc(F)cc4)cc3)c(=O)c12. The third kappa shape index (κ3) is 5.60. The molecule has 2 N–H and O–H groups in total. The molecular weight excluding hydrogens is 449 g/mol. The monoisotopic (exact) mass is 475 g/mol. The number of aliphatic hydroxyl groups is 1. The number of carbonyl (C=O) groups is 1. The van der Waals surface area contributed by atoms with Gasteiger partial charge in [-0.25, -0.2) is 9.07 Å². The predicted octanol–water partition coefficient (Wildman–Crippen LogP) is 3.99. The molecule has 0 fully saturated rings. The second-order valence-corrected chi connectivity index (χ2v) is 8.63. The van der Waals surface area contributed by atoms with Crippen molar-refractivity contribution in [2.75, 3.05) is 0 Å². The van der Waals surface area contributed by atoms with E-state index >= 15 is 0 Å². The molecule has 8 heteroatoms. The zero-order chi connectivity index (χ0) is 24.9. The molecule has 0 bridgehead atoms. The number of carboxylic acid groups (broad SMARTS) is 1. The number of aromatic nitrogens is 3. The van der Waals surface area contributed by atoms with Gasteiger partial charge in [0.25, 0.3) is 5.56 Å². The van der Waals surface area contributed by atoms with Crippen molar-refractivity contribution in [1.82, 2.24) is 15.0 Å². The van der Waals surface area contributed by atoms with Crippen LogP contribution in [0.25, 0.3) is 22.0 Å². The van der Waals surface area contributed by atoms with Gasteiger partial charge in [0.2, 0.25) is 0 Å². The molecule has 2 atom stereocenters. The number of rotatable bonds is 9. The van der Waals surface area contributed by atoms with Crippen LogP contribution in [-0.2, 0) is 17.8 Å². The Morgan fingerprint density at radius 2 is 1.66 bits per heavy atom. The van der Waals surface area contributed by atoms with Crippen LogP contribution in [0.15, 0.2) is 71.5 Å². The summed E-state index contributed by atoms with van der Waals surface area (Å²) in [6.07, 6.45) is -0.296. The van der Waals surface area contributed by atoms with Crippen LogP contribution in [0.5, 0.6) is 0 Å². The van der Waals surface area contributed by atoms with Crippen LogP contribution in [0.3, 0.4) is 0 Å². The molecule has 7 nitrogen and oxygen atoms in total. The third-order valence-corrected chi connectivity index (χ3v) is 6.25. The van der Waals surface area contributed by atoms with Crippen molar-refractivity contribution in [3.8, 4) is 11.1 Å². The van der Waals surface area contributed by atoms with E-state index < -0.39 is 18.0 Å². The van der Waals surface area contributed by atoms with Crippen LogP contribution < -0.4 is 5.56 Å². The highest BCUT2D eigenvalue weighted by molar-refractivity contribution is 5.80. The molecule has 0 aliphatic rings. The van der Waals surface area contributed by atoms with Gasteiger partial charge in [-0.15, -0.1) is 5.10 Å². The van der Waals surface area contributed by atoms with E-state index in [0.717, 1.165) is 26.9 Å². The van der Waals surface area contributed by atoms with Gasteiger partial charge in [-0.3, -0.25) is 9.59 Å². The van der Waals surface area contributed by atoms with Crippen LogP contribution in [0.4, 0.5) is 4.39 Å². The minimum absolute atomic E-state index is 0.0382. The molecule has 35 heavy (non-hydrogen) atoms. The van der Waals surface area contributed by atoms with Gasteiger partial charge in [-0.1, -0.05) is 53.7 Å². The highest BCUT2D eigenvalue weighted by Gasteiger charge is 2.26. The smallest absolute Gasteiger partial charge is 0.309 e. The lowest BCUT2D eigenvalue weighted by molar-refractivity contribution is -0.146. The molecule has 4 aromatic rings. The van der Waals surface area contributed by atoms with E-state index in [1.54, 1.807) is 24.3 Å². The number of fused-ring (bicyclic) bond motifs is 1. The fourth-order valence-electron chi connectivity index (χ4n) is 4.20. The predicted molar refractivity (Wildman–Crippen MR) is 130 cm³/mol. The zero-order valence-electron chi connectivity index (χ0n) is 19.3. The number of benzene rings is 3. The molecule has 4 rings (SSSR count). The van der Waals surface area contributed by atoms with E-state index in [9.17, 15) is 24.2 Å². The summed E-state index contributed by atoms with van der Waals surface area (Å²) in [5.41, 5.74) is 3.73. The number of halogens is 1. The largest absolute Gasteiger partial charge is 0.481 e. The summed E-state index contributed by atoms with van der Waals surface area (Å²) in [6, 6.07) is 19.2. The molecule has 0 radical (unpaired) electrons. The van der Waals surface area contributed by atoms with E-state index in [0.29, 0.717) is 17.3 Å². The molecule has 1 heterocycles. The van der Waals surface area contributed by atoms with Gasteiger partial charge in [0.05, 0.1) is 17.4 Å². The van der Waals surface area contributed by atoms with Gasteiger partial charge >= 0.3 is 5.97 Å². The Bertz CT molecular complexity index is 1380. The van der Waals surface area contributed by atoms with Crippen LogP contribution in [0.1, 0.15) is 24.0 Å². The maximum absolute atomic E-state index is 13.1. The lowest BCUT2D eigenvalue weighted by Crippen LogP contribution is -2.32. The Labute approximate surface area is 201 Å². The van der Waals surface area contributed by atoms with E-state index in [1.165, 1.54) is 12.1 Å². The van der Waals surface area contributed by atoms with Crippen molar-refractivity contribution in [1.29, 1.82) is 0 Å². The second-order valence-electron chi connectivity index (χ2n) is 8.63. The molecular formula is C27H26FN3O4. The fourth-order valence-corrected chi connectivity index (χ4v) is 4.20. The third-order valence-electron chi connectivity index (χ3n) is 6.25. The Morgan fingerprint density at radius 1 is 1.00 bits per heavy atom. The van der Waals surface area contributed by atoms with Crippen LogP contribution >= 0.6 is 0 Å². The van der Waals surface area contributed by atoms with E-state index in [-0.39, 0.29) is 30.8 Å². The average Bonchev–Trinajstić information content (AvgIpc) is 2.85. The standard InChI is InChI=1S/C27H26FN3O4/c1-17-3-2-4-23-25(17)26(33)31(30-29-23)16-15-22(27(34)35)24(32)14-7-18-5-8-19(9-6-18)20-10-12-21(28)13-11-20/h2-6,8-13,22,24,32H,7,14-16H2,1H3,(H,34,35)/t22-,24+/m0/s1. The molecule has 0 aliphatic heterocycles. The number of hydrogen-bond acceptors (Lipinski definition) is 5. The van der Waals surface area contributed by atoms with Crippen LogP contribution in [-0.4, -0.2) is 37.3 Å². The lowest BCUT2D eigenvalue weighted by Gasteiger charge is -2.19. The Balaban J connectivity index is 1.39. The van der Waals surface area contributed by atoms with Crippen LogP contribution in [0, 0.1) is 18.7 Å². The number of nitrogens with zero attached hydrogens (tertiary/aromatic N) is 3. The Kier molecular flexibility index (Phi) is 7.31. The highest BCUT2D eigenvalue weighted by Crippen LogP contribution is 2.22. The minimum Gasteiger partial charge on any atom is -0.481 e. The number of aliphatic hydroxyl groups excluding tert-OH is 1. The van der Waals surface area contributed by atoms with Gasteiger partial charge < -0.3 is 10.2 Å². The topological polar surface area (TPSA) is 105 Å². The van der Waals surface area contributed by atoms with Gasteiger partial charge in [0.15, 0.2) is 0 Å². The van der Waals surface area contributed by atoms with Crippen molar-refractivity contribution in [2.45, 2.75) is 38.8 Å². The first-order valence-corrected chi connectivity index (χ1v) is 11.4. The first-order chi connectivity index (χ1) is 16.8. The Morgan fingerprint density at radius 3 is 2.31 bits per heavy atom. The molecule has 1 aromatic heterocycles. The molecule has 0 saturated carbocycles. The van der Waals surface area contributed by atoms with Gasteiger partial charge in [0, 0.05) is 6.54 Å². The summed E-state index contributed by atoms with van der Waals surface area (Å²) < 4.78 is 14.3. The maximum atomic E-state index is 13.1. The van der Waals surface area contributed by atoms with Crippen molar-refractivity contribution in [2.24, 2.45) is 5.92 Å². The van der Waals surface area contributed by atoms with Crippen molar-refractivity contribution in [3.05, 3.63) is 94.0 Å². The summed E-state index contributed by atoms with van der Waals surface area (Å²) >= 11 is 0. The molecule has 0 unspecified atom stereocenters. The minimum atomic E-state index is -1.12. The molecule has 180 valence electrons. The highest BCUT2D eigenvalue weighted by atomic mass is 19.1. The van der Waals surface area contributed by atoms with E-state index in [1.807, 2.05) is 37.3 Å². The summed E-state index contributed by atoms with van der Waals surface area (Å²) in [5.74, 6) is -2.46. The molecule has 0 aliphatic carbocycles. The normalized spacial score (nSPS) is 13.0. The van der Waals surface area contributed by atoms with Crippen molar-refractivity contribution in [3.63, 3.8) is 0 Å². The quantitative estimate of drug-likeness (QED) is 0.379. The van der Waals surface area contributed by atoms with Crippen LogP contribution in [0.2, 0.25) is 0 Å².